The van der Waals surface area contributed by atoms with E-state index in [1.807, 2.05) is 35.8 Å². The molecular weight excluding hydrogens is 402 g/mol. The van der Waals surface area contributed by atoms with Crippen LogP contribution in [0.3, 0.4) is 0 Å². The van der Waals surface area contributed by atoms with Crippen LogP contribution in [0.25, 0.3) is 11.2 Å². The van der Waals surface area contributed by atoms with Crippen molar-refractivity contribution in [1.29, 1.82) is 0 Å². The van der Waals surface area contributed by atoms with E-state index >= 15 is 0 Å². The summed E-state index contributed by atoms with van der Waals surface area (Å²) in [4.78, 5) is 14.1. The first-order valence-corrected chi connectivity index (χ1v) is 10.6. The molecule has 0 atom stereocenters. The van der Waals surface area contributed by atoms with Crippen LogP contribution in [0, 0.1) is 0 Å². The normalized spacial score (nSPS) is 14.6. The van der Waals surface area contributed by atoms with Gasteiger partial charge >= 0.3 is 0 Å². The Hall–Kier alpha value is -3.07. The molecule has 4 rings (SSSR count). The van der Waals surface area contributed by atoms with Gasteiger partial charge in [0.15, 0.2) is 17.0 Å². The smallest absolute Gasteiger partial charge is 0.250 e. The van der Waals surface area contributed by atoms with Crippen molar-refractivity contribution in [3.8, 4) is 0 Å². The largest absolute Gasteiger partial charge is 0.369 e. The molecule has 158 valence electrons. The Balaban J connectivity index is 1.82. The summed E-state index contributed by atoms with van der Waals surface area (Å²) in [5.74, 6) is 1.01. The highest BCUT2D eigenvalue weighted by atomic mass is 35.5. The third kappa shape index (κ3) is 4.25. The van der Waals surface area contributed by atoms with E-state index in [0.29, 0.717) is 22.3 Å². The van der Waals surface area contributed by atoms with Crippen molar-refractivity contribution in [1.82, 2.24) is 19.5 Å². The van der Waals surface area contributed by atoms with Crippen LogP contribution in [0.5, 0.6) is 0 Å². The molecule has 0 bridgehead atoms. The van der Waals surface area contributed by atoms with E-state index in [2.05, 4.69) is 15.4 Å². The second-order valence-electron chi connectivity index (χ2n) is 7.37. The second kappa shape index (κ2) is 8.74. The zero-order valence-corrected chi connectivity index (χ0v) is 17.7. The third-order valence-corrected chi connectivity index (χ3v) is 5.46. The minimum atomic E-state index is -0.0161. The van der Waals surface area contributed by atoms with Crippen molar-refractivity contribution >= 4 is 46.2 Å². The maximum atomic E-state index is 6.15. The quantitative estimate of drug-likeness (QED) is 0.312. The van der Waals surface area contributed by atoms with E-state index < -0.39 is 0 Å². The monoisotopic (exact) mass is 427 g/mol. The summed E-state index contributed by atoms with van der Waals surface area (Å²) in [6.07, 6.45) is 7.21. The SMILES string of the molecule is CCn1cnc2c(Nc3cccc(Cl)c3)nc(N(N=C(N)N)C3CCCCC3)nc21. The Bertz CT molecular complexity index is 1050. The Morgan fingerprint density at radius 2 is 2.07 bits per heavy atom. The lowest BCUT2D eigenvalue weighted by atomic mass is 9.95. The summed E-state index contributed by atoms with van der Waals surface area (Å²) in [5.41, 5.74) is 13.7. The van der Waals surface area contributed by atoms with Gasteiger partial charge in [-0.1, -0.05) is 36.9 Å². The van der Waals surface area contributed by atoms with Crippen LogP contribution in [0.15, 0.2) is 35.7 Å². The Morgan fingerprint density at radius 3 is 2.77 bits per heavy atom. The van der Waals surface area contributed by atoms with E-state index in [1.165, 1.54) is 6.42 Å². The van der Waals surface area contributed by atoms with Crippen molar-refractivity contribution in [2.24, 2.45) is 16.6 Å². The first-order chi connectivity index (χ1) is 14.5. The first-order valence-electron chi connectivity index (χ1n) is 10.2. The number of aryl methyl sites for hydroxylation is 1. The number of rotatable bonds is 6. The molecule has 0 radical (unpaired) electrons. The number of benzene rings is 1. The topological polar surface area (TPSA) is 123 Å². The van der Waals surface area contributed by atoms with Gasteiger partial charge in [0.1, 0.15) is 0 Å². The van der Waals surface area contributed by atoms with Gasteiger partial charge in [0.25, 0.3) is 5.95 Å². The maximum absolute atomic E-state index is 6.15. The standard InChI is InChI=1S/C20H26ClN9/c1-2-29-12-24-16-17(25-14-8-6-7-13(21)11-14)26-20(27-18(16)29)30(28-19(22)23)15-9-4-3-5-10-15/h6-8,11-12,15H,2-5,9-10H2,1H3,(H4,22,23,28)(H,25,26,27). The fourth-order valence-electron chi connectivity index (χ4n) is 3.80. The summed E-state index contributed by atoms with van der Waals surface area (Å²) in [6.45, 7) is 2.77. The zero-order valence-electron chi connectivity index (χ0n) is 16.9. The highest BCUT2D eigenvalue weighted by molar-refractivity contribution is 6.30. The highest BCUT2D eigenvalue weighted by Gasteiger charge is 2.26. The zero-order chi connectivity index (χ0) is 21.1. The summed E-state index contributed by atoms with van der Waals surface area (Å²) in [6, 6.07) is 7.60. The minimum absolute atomic E-state index is 0.0161. The summed E-state index contributed by atoms with van der Waals surface area (Å²) in [7, 11) is 0. The van der Waals surface area contributed by atoms with Gasteiger partial charge in [-0.2, -0.15) is 9.97 Å². The van der Waals surface area contributed by atoms with E-state index in [-0.39, 0.29) is 12.0 Å². The number of fused-ring (bicyclic) bond motifs is 1. The van der Waals surface area contributed by atoms with Crippen LogP contribution in [-0.2, 0) is 6.54 Å². The molecule has 1 saturated carbocycles. The van der Waals surface area contributed by atoms with Gasteiger partial charge in [-0.3, -0.25) is 0 Å². The van der Waals surface area contributed by atoms with Crippen LogP contribution in [0.4, 0.5) is 17.5 Å². The van der Waals surface area contributed by atoms with E-state index in [4.69, 9.17) is 33.0 Å². The molecule has 30 heavy (non-hydrogen) atoms. The van der Waals surface area contributed by atoms with Gasteiger partial charge in [-0.15, -0.1) is 5.10 Å². The van der Waals surface area contributed by atoms with Gasteiger partial charge in [0.2, 0.25) is 5.96 Å². The van der Waals surface area contributed by atoms with Gasteiger partial charge in [-0.25, -0.2) is 9.99 Å². The lowest BCUT2D eigenvalue weighted by Crippen LogP contribution is -2.38. The molecule has 9 nitrogen and oxygen atoms in total. The molecule has 0 unspecified atom stereocenters. The van der Waals surface area contributed by atoms with Gasteiger partial charge in [0.05, 0.1) is 12.4 Å². The maximum Gasteiger partial charge on any atom is 0.250 e. The Labute approximate surface area is 180 Å². The minimum Gasteiger partial charge on any atom is -0.369 e. The number of anilines is 3. The van der Waals surface area contributed by atoms with Crippen molar-refractivity contribution in [2.45, 2.75) is 51.6 Å². The molecular formula is C20H26ClN9. The van der Waals surface area contributed by atoms with Crippen LogP contribution < -0.4 is 21.8 Å². The molecule has 1 aliphatic rings. The Kier molecular flexibility index (Phi) is 5.89. The van der Waals surface area contributed by atoms with Crippen molar-refractivity contribution in [2.75, 3.05) is 10.3 Å². The molecule has 1 fully saturated rings. The number of guanidine groups is 1. The lowest BCUT2D eigenvalue weighted by molar-refractivity contribution is 0.414. The van der Waals surface area contributed by atoms with Crippen LogP contribution in [-0.4, -0.2) is 31.5 Å². The van der Waals surface area contributed by atoms with E-state index in [1.54, 1.807) is 11.3 Å². The summed E-state index contributed by atoms with van der Waals surface area (Å²) < 4.78 is 1.97. The molecule has 10 heteroatoms. The number of hydrazone groups is 1. The highest BCUT2D eigenvalue weighted by Crippen LogP contribution is 2.30. The molecule has 1 aromatic carbocycles. The number of hydrogen-bond acceptors (Lipinski definition) is 6. The number of imidazole rings is 1. The number of nitrogens with one attached hydrogen (secondary N) is 1. The number of halogens is 1. The van der Waals surface area contributed by atoms with E-state index in [9.17, 15) is 0 Å². The van der Waals surface area contributed by atoms with Crippen LogP contribution >= 0.6 is 11.6 Å². The first kappa shape index (κ1) is 20.2. The number of nitrogens with two attached hydrogens (primary N) is 2. The predicted octanol–water partition coefficient (Wildman–Crippen LogP) is 3.57. The molecule has 0 aliphatic heterocycles. The van der Waals surface area contributed by atoms with E-state index in [0.717, 1.165) is 43.6 Å². The lowest BCUT2D eigenvalue weighted by Gasteiger charge is -2.30. The van der Waals surface area contributed by atoms with Gasteiger partial charge in [-0.05, 0) is 38.0 Å². The third-order valence-electron chi connectivity index (χ3n) is 5.23. The second-order valence-corrected chi connectivity index (χ2v) is 7.81. The molecule has 0 amide bonds. The molecule has 2 heterocycles. The average Bonchev–Trinajstić information content (AvgIpc) is 3.16. The summed E-state index contributed by atoms with van der Waals surface area (Å²) >= 11 is 6.15. The molecule has 5 N–H and O–H groups in total. The molecule has 0 saturated heterocycles. The number of hydrogen-bond donors (Lipinski definition) is 3. The molecule has 1 aliphatic carbocycles. The molecule has 3 aromatic rings. The number of nitrogens with zero attached hydrogens (tertiary/aromatic N) is 6. The summed E-state index contributed by atoms with van der Waals surface area (Å²) in [5, 5.41) is 10.1. The van der Waals surface area contributed by atoms with Gasteiger partial charge in [0, 0.05) is 17.3 Å². The average molecular weight is 428 g/mol. The van der Waals surface area contributed by atoms with Gasteiger partial charge < -0.3 is 21.4 Å². The molecule has 2 aromatic heterocycles. The fraction of sp³-hybridized carbons (Fsp3) is 0.400. The fourth-order valence-corrected chi connectivity index (χ4v) is 3.99. The van der Waals surface area contributed by atoms with Crippen molar-refractivity contribution in [3.63, 3.8) is 0 Å². The number of aromatic nitrogens is 4. The predicted molar refractivity (Wildman–Crippen MR) is 121 cm³/mol. The van der Waals surface area contributed by atoms with Crippen LogP contribution in [0.2, 0.25) is 5.02 Å². The van der Waals surface area contributed by atoms with Crippen molar-refractivity contribution in [3.05, 3.63) is 35.6 Å². The molecule has 0 spiro atoms. The Morgan fingerprint density at radius 1 is 1.27 bits per heavy atom. The van der Waals surface area contributed by atoms with Crippen molar-refractivity contribution < 1.29 is 0 Å². The van der Waals surface area contributed by atoms with Crippen LogP contribution in [0.1, 0.15) is 39.0 Å².